The lowest BCUT2D eigenvalue weighted by molar-refractivity contribution is 0.415. The topological polar surface area (TPSA) is 71.2 Å². The first-order valence-corrected chi connectivity index (χ1v) is 11.0. The Bertz CT molecular complexity index is 1140. The minimum absolute atomic E-state index is 0.122. The molecular formula is C22H26N2O3S. The van der Waals surface area contributed by atoms with Gasteiger partial charge in [-0.3, -0.25) is 0 Å². The second-order valence-corrected chi connectivity index (χ2v) is 9.43. The summed E-state index contributed by atoms with van der Waals surface area (Å²) in [6, 6.07) is 9.70. The van der Waals surface area contributed by atoms with E-state index in [4.69, 9.17) is 4.74 Å². The average Bonchev–Trinajstić information content (AvgIpc) is 2.97. The number of rotatable bonds is 4. The first kappa shape index (κ1) is 19.0. The average molecular weight is 399 g/mol. The summed E-state index contributed by atoms with van der Waals surface area (Å²) in [6.45, 7) is 5.71. The van der Waals surface area contributed by atoms with Crippen molar-refractivity contribution < 1.29 is 13.2 Å². The second kappa shape index (κ2) is 6.94. The predicted molar refractivity (Wildman–Crippen MR) is 112 cm³/mol. The van der Waals surface area contributed by atoms with Crippen molar-refractivity contribution in [3.63, 3.8) is 0 Å². The quantitative estimate of drug-likeness (QED) is 0.699. The Morgan fingerprint density at radius 1 is 1.11 bits per heavy atom. The second-order valence-electron chi connectivity index (χ2n) is 7.78. The summed E-state index contributed by atoms with van der Waals surface area (Å²) >= 11 is 0. The third-order valence-corrected chi connectivity index (χ3v) is 7.42. The third-order valence-electron chi connectivity index (χ3n) is 5.59. The van der Waals surface area contributed by atoms with Crippen molar-refractivity contribution in [2.24, 2.45) is 0 Å². The van der Waals surface area contributed by atoms with Crippen LogP contribution in [0.4, 0.5) is 0 Å². The Hall–Kier alpha value is -2.31. The molecule has 1 aliphatic carbocycles. The molecule has 0 amide bonds. The van der Waals surface area contributed by atoms with E-state index < -0.39 is 10.0 Å². The lowest BCUT2D eigenvalue weighted by Gasteiger charge is -2.24. The molecule has 5 nitrogen and oxygen atoms in total. The highest BCUT2D eigenvalue weighted by Gasteiger charge is 2.28. The van der Waals surface area contributed by atoms with Crippen LogP contribution < -0.4 is 9.46 Å². The van der Waals surface area contributed by atoms with Gasteiger partial charge in [0.15, 0.2) is 0 Å². The van der Waals surface area contributed by atoms with Gasteiger partial charge in [-0.1, -0.05) is 17.7 Å². The molecule has 4 rings (SSSR count). The molecule has 0 bridgehead atoms. The number of aromatic nitrogens is 1. The number of hydrogen-bond donors (Lipinski definition) is 2. The molecule has 0 aliphatic heterocycles. The van der Waals surface area contributed by atoms with Crippen molar-refractivity contribution in [1.82, 2.24) is 9.71 Å². The van der Waals surface area contributed by atoms with Crippen LogP contribution in [0.15, 0.2) is 35.2 Å². The van der Waals surface area contributed by atoms with Crippen LogP contribution in [0.2, 0.25) is 0 Å². The van der Waals surface area contributed by atoms with Crippen LogP contribution in [-0.4, -0.2) is 26.6 Å². The monoisotopic (exact) mass is 398 g/mol. The Morgan fingerprint density at radius 2 is 1.82 bits per heavy atom. The highest BCUT2D eigenvalue weighted by atomic mass is 32.2. The van der Waals surface area contributed by atoms with Gasteiger partial charge in [0.1, 0.15) is 5.75 Å². The first-order valence-electron chi connectivity index (χ1n) is 9.56. The molecule has 1 heterocycles. The fourth-order valence-electron chi connectivity index (χ4n) is 4.49. The summed E-state index contributed by atoms with van der Waals surface area (Å²) in [4.78, 5) is 3.88. The zero-order valence-electron chi connectivity index (χ0n) is 16.7. The van der Waals surface area contributed by atoms with Crippen LogP contribution in [0.25, 0.3) is 10.9 Å². The van der Waals surface area contributed by atoms with E-state index in [1.54, 1.807) is 7.11 Å². The molecule has 3 aromatic rings. The Morgan fingerprint density at radius 3 is 2.50 bits per heavy atom. The number of nitrogens with one attached hydrogen (secondary N) is 2. The van der Waals surface area contributed by atoms with Gasteiger partial charge in [0.05, 0.1) is 12.0 Å². The maximum atomic E-state index is 13.1. The SMILES string of the molecule is COc1ccc2[nH]c3c(c2c1)CC(NS(=O)(=O)c1c(C)cc(C)cc1C)CC3. The van der Waals surface area contributed by atoms with E-state index in [1.165, 1.54) is 11.3 Å². The molecule has 2 N–H and O–H groups in total. The van der Waals surface area contributed by atoms with Gasteiger partial charge >= 0.3 is 0 Å². The van der Waals surface area contributed by atoms with Crippen LogP contribution in [0, 0.1) is 20.8 Å². The van der Waals surface area contributed by atoms with Gasteiger partial charge in [-0.05, 0) is 74.9 Å². The number of H-pyrrole nitrogens is 1. The smallest absolute Gasteiger partial charge is 0.241 e. The Balaban J connectivity index is 1.65. The summed E-state index contributed by atoms with van der Waals surface area (Å²) in [6.07, 6.45) is 2.28. The van der Waals surface area contributed by atoms with Crippen molar-refractivity contribution >= 4 is 20.9 Å². The largest absolute Gasteiger partial charge is 0.497 e. The molecule has 1 aliphatic rings. The number of hydrogen-bond acceptors (Lipinski definition) is 3. The highest BCUT2D eigenvalue weighted by Crippen LogP contribution is 2.32. The van der Waals surface area contributed by atoms with E-state index in [1.807, 2.05) is 51.1 Å². The molecule has 1 unspecified atom stereocenters. The maximum absolute atomic E-state index is 13.1. The standard InChI is InChI=1S/C22H26N2O3S/c1-13-9-14(2)22(15(3)10-13)28(25,26)24-16-5-7-20-18(11-16)19-12-17(27-4)6-8-21(19)23-20/h6,8-10,12,16,23-24H,5,7,11H2,1-4H3. The Kier molecular flexibility index (Phi) is 4.71. The Labute approximate surface area is 166 Å². The van der Waals surface area contributed by atoms with E-state index in [-0.39, 0.29) is 6.04 Å². The molecule has 1 aromatic heterocycles. The van der Waals surface area contributed by atoms with Gasteiger partial charge in [-0.15, -0.1) is 0 Å². The summed E-state index contributed by atoms with van der Waals surface area (Å²) in [5, 5.41) is 1.11. The number of aromatic amines is 1. The van der Waals surface area contributed by atoms with E-state index in [0.717, 1.165) is 46.2 Å². The molecule has 0 radical (unpaired) electrons. The molecule has 0 fully saturated rings. The van der Waals surface area contributed by atoms with E-state index in [9.17, 15) is 8.42 Å². The van der Waals surface area contributed by atoms with E-state index >= 15 is 0 Å². The molecule has 6 heteroatoms. The number of ether oxygens (including phenoxy) is 1. The highest BCUT2D eigenvalue weighted by molar-refractivity contribution is 7.89. The minimum Gasteiger partial charge on any atom is -0.497 e. The van der Waals surface area contributed by atoms with Gasteiger partial charge < -0.3 is 9.72 Å². The number of benzene rings is 2. The summed E-state index contributed by atoms with van der Waals surface area (Å²) < 4.78 is 34.6. The first-order chi connectivity index (χ1) is 13.3. The van der Waals surface area contributed by atoms with Crippen LogP contribution in [0.1, 0.15) is 34.4 Å². The van der Waals surface area contributed by atoms with Crippen LogP contribution in [-0.2, 0) is 22.9 Å². The molecule has 2 aromatic carbocycles. The molecule has 0 spiro atoms. The van der Waals surface area contributed by atoms with Crippen LogP contribution in [0.5, 0.6) is 5.75 Å². The summed E-state index contributed by atoms with van der Waals surface area (Å²) in [5.41, 5.74) is 6.10. The van der Waals surface area contributed by atoms with Crippen molar-refractivity contribution in [2.45, 2.75) is 51.0 Å². The fourth-order valence-corrected chi connectivity index (χ4v) is 6.22. The molecule has 1 atom stereocenters. The maximum Gasteiger partial charge on any atom is 0.241 e. The molecule has 0 saturated heterocycles. The molecule has 0 saturated carbocycles. The minimum atomic E-state index is -3.57. The summed E-state index contributed by atoms with van der Waals surface area (Å²) in [7, 11) is -1.92. The number of sulfonamides is 1. The van der Waals surface area contributed by atoms with Crippen LogP contribution >= 0.6 is 0 Å². The molecule has 28 heavy (non-hydrogen) atoms. The van der Waals surface area contributed by atoms with Gasteiger partial charge in [0.25, 0.3) is 0 Å². The summed E-state index contributed by atoms with van der Waals surface area (Å²) in [5.74, 6) is 0.808. The van der Waals surface area contributed by atoms with Gasteiger partial charge in [-0.25, -0.2) is 13.1 Å². The molecular weight excluding hydrogens is 372 g/mol. The van der Waals surface area contributed by atoms with Crippen molar-refractivity contribution in [2.75, 3.05) is 7.11 Å². The predicted octanol–water partition coefficient (Wildman–Crippen LogP) is 3.94. The van der Waals surface area contributed by atoms with Crippen molar-refractivity contribution in [3.8, 4) is 5.75 Å². The van der Waals surface area contributed by atoms with E-state index in [2.05, 4.69) is 9.71 Å². The number of methoxy groups -OCH3 is 1. The normalized spacial score (nSPS) is 16.9. The zero-order chi connectivity index (χ0) is 20.1. The number of fused-ring (bicyclic) bond motifs is 3. The van der Waals surface area contributed by atoms with Crippen LogP contribution in [0.3, 0.4) is 0 Å². The van der Waals surface area contributed by atoms with Gasteiger partial charge in [-0.2, -0.15) is 0 Å². The van der Waals surface area contributed by atoms with E-state index in [0.29, 0.717) is 11.3 Å². The molecule has 148 valence electrons. The van der Waals surface area contributed by atoms with Gasteiger partial charge in [0.2, 0.25) is 10.0 Å². The van der Waals surface area contributed by atoms with Crippen molar-refractivity contribution in [1.29, 1.82) is 0 Å². The third kappa shape index (κ3) is 3.31. The zero-order valence-corrected chi connectivity index (χ0v) is 17.5. The number of aryl methyl sites for hydroxylation is 4. The van der Waals surface area contributed by atoms with Crippen molar-refractivity contribution in [3.05, 3.63) is 58.3 Å². The van der Waals surface area contributed by atoms with Gasteiger partial charge in [0, 0.05) is 22.6 Å². The lowest BCUT2D eigenvalue weighted by Crippen LogP contribution is -2.39. The lowest BCUT2D eigenvalue weighted by atomic mass is 9.92. The fraction of sp³-hybridized carbons (Fsp3) is 0.364.